The van der Waals surface area contributed by atoms with E-state index in [2.05, 4.69) is 12.1 Å². The van der Waals surface area contributed by atoms with Gasteiger partial charge in [0.1, 0.15) is 11.8 Å². The molecule has 5 nitrogen and oxygen atoms in total. The van der Waals surface area contributed by atoms with Gasteiger partial charge in [-0.15, -0.1) is 0 Å². The summed E-state index contributed by atoms with van der Waals surface area (Å²) in [4.78, 5) is 30.9. The first-order valence-electron chi connectivity index (χ1n) is 11.9. The molecule has 0 unspecified atom stereocenters. The minimum Gasteiger partial charge on any atom is -0.497 e. The predicted molar refractivity (Wildman–Crippen MR) is 125 cm³/mol. The number of methoxy groups -OCH3 is 1. The van der Waals surface area contributed by atoms with Crippen molar-refractivity contribution in [3.63, 3.8) is 0 Å². The van der Waals surface area contributed by atoms with E-state index in [1.165, 1.54) is 24.8 Å². The molecule has 170 valence electrons. The number of hydrogen-bond acceptors (Lipinski definition) is 3. The van der Waals surface area contributed by atoms with Gasteiger partial charge in [0.15, 0.2) is 0 Å². The highest BCUT2D eigenvalue weighted by Crippen LogP contribution is 2.34. The molecule has 0 spiro atoms. The molecular formula is C27H34N2O3. The third-order valence-electron chi connectivity index (χ3n) is 6.85. The van der Waals surface area contributed by atoms with Crippen molar-refractivity contribution >= 4 is 11.8 Å². The molecule has 2 aliphatic rings. The van der Waals surface area contributed by atoms with Gasteiger partial charge in [-0.2, -0.15) is 0 Å². The van der Waals surface area contributed by atoms with Gasteiger partial charge < -0.3 is 14.5 Å². The number of rotatable bonds is 6. The molecule has 1 heterocycles. The van der Waals surface area contributed by atoms with E-state index in [0.717, 1.165) is 43.4 Å². The first-order valence-corrected chi connectivity index (χ1v) is 11.9. The van der Waals surface area contributed by atoms with E-state index in [4.69, 9.17) is 4.74 Å². The smallest absolute Gasteiger partial charge is 0.250 e. The zero-order chi connectivity index (χ0) is 22.3. The van der Waals surface area contributed by atoms with Crippen molar-refractivity contribution in [1.82, 2.24) is 9.80 Å². The van der Waals surface area contributed by atoms with Crippen molar-refractivity contribution in [3.05, 3.63) is 65.7 Å². The van der Waals surface area contributed by atoms with Gasteiger partial charge >= 0.3 is 0 Å². The van der Waals surface area contributed by atoms with Crippen LogP contribution in [0, 0.1) is 0 Å². The van der Waals surface area contributed by atoms with Gasteiger partial charge in [-0.3, -0.25) is 9.59 Å². The number of amides is 2. The molecule has 1 atom stereocenters. The lowest BCUT2D eigenvalue weighted by molar-refractivity contribution is -0.159. The monoisotopic (exact) mass is 434 g/mol. The molecule has 2 amide bonds. The topological polar surface area (TPSA) is 49.9 Å². The second-order valence-corrected chi connectivity index (χ2v) is 8.97. The van der Waals surface area contributed by atoms with Gasteiger partial charge in [-0.25, -0.2) is 0 Å². The molecule has 4 rings (SSSR count). The Kier molecular flexibility index (Phi) is 7.46. The molecule has 1 saturated heterocycles. The van der Waals surface area contributed by atoms with Crippen LogP contribution in [0.5, 0.6) is 5.75 Å². The summed E-state index contributed by atoms with van der Waals surface area (Å²) in [5, 5.41) is 0. The fraction of sp³-hybridized carbons (Fsp3) is 0.481. The Morgan fingerprint density at radius 2 is 1.53 bits per heavy atom. The summed E-state index contributed by atoms with van der Waals surface area (Å²) in [6.07, 6.45) is 8.65. The number of carbonyl (C=O) groups excluding carboxylic acids is 2. The highest BCUT2D eigenvalue weighted by molar-refractivity contribution is 5.95. The standard InChI is InChI=1S/C27H34N2O3/c1-32-24-16-14-22(15-17-24)26-27(31)28(19-18-21-10-6-5-7-11-21)20-25(30)29(26)23-12-8-3-2-4-9-13-23/h5-7,10-11,14-17,23,26H,2-4,8-9,12-13,18-20H2,1H3/t26-/m0/s1. The number of benzene rings is 2. The molecule has 5 heteroatoms. The molecule has 0 radical (unpaired) electrons. The van der Waals surface area contributed by atoms with Crippen LogP contribution in [0.1, 0.15) is 62.1 Å². The second-order valence-electron chi connectivity index (χ2n) is 8.97. The van der Waals surface area contributed by atoms with E-state index < -0.39 is 6.04 Å². The average Bonchev–Trinajstić information content (AvgIpc) is 2.80. The Hall–Kier alpha value is -2.82. The number of nitrogens with zero attached hydrogens (tertiary/aromatic N) is 2. The van der Waals surface area contributed by atoms with E-state index in [-0.39, 0.29) is 24.4 Å². The summed E-state index contributed by atoms with van der Waals surface area (Å²) in [7, 11) is 1.64. The van der Waals surface area contributed by atoms with Crippen LogP contribution in [0.4, 0.5) is 0 Å². The van der Waals surface area contributed by atoms with E-state index in [0.29, 0.717) is 6.54 Å². The number of carbonyl (C=O) groups is 2. The molecule has 2 aromatic carbocycles. The zero-order valence-electron chi connectivity index (χ0n) is 19.0. The summed E-state index contributed by atoms with van der Waals surface area (Å²) in [5.74, 6) is 0.860. The Labute approximate surface area is 191 Å². The quantitative estimate of drug-likeness (QED) is 0.658. The lowest BCUT2D eigenvalue weighted by atomic mass is 9.91. The van der Waals surface area contributed by atoms with E-state index in [1.807, 2.05) is 47.4 Å². The van der Waals surface area contributed by atoms with Crippen LogP contribution >= 0.6 is 0 Å². The highest BCUT2D eigenvalue weighted by Gasteiger charge is 2.43. The molecule has 0 aromatic heterocycles. The fourth-order valence-electron chi connectivity index (χ4n) is 5.07. The lowest BCUT2D eigenvalue weighted by Gasteiger charge is -2.45. The molecule has 2 fully saturated rings. The van der Waals surface area contributed by atoms with Crippen molar-refractivity contribution < 1.29 is 14.3 Å². The van der Waals surface area contributed by atoms with Crippen molar-refractivity contribution in [3.8, 4) is 5.75 Å². The third-order valence-corrected chi connectivity index (χ3v) is 6.85. The van der Waals surface area contributed by atoms with Gasteiger partial charge in [0.2, 0.25) is 5.91 Å². The zero-order valence-corrected chi connectivity index (χ0v) is 19.0. The van der Waals surface area contributed by atoms with Crippen LogP contribution in [0.2, 0.25) is 0 Å². The number of ether oxygens (including phenoxy) is 1. The molecule has 1 saturated carbocycles. The molecule has 1 aliphatic heterocycles. The highest BCUT2D eigenvalue weighted by atomic mass is 16.5. The maximum atomic E-state index is 13.8. The van der Waals surface area contributed by atoms with Gasteiger partial charge in [-0.05, 0) is 42.5 Å². The first kappa shape index (κ1) is 22.4. The SMILES string of the molecule is COc1ccc([C@H]2C(=O)N(CCc3ccccc3)CC(=O)N2C2CCCCCCC2)cc1. The van der Waals surface area contributed by atoms with Gasteiger partial charge in [0.25, 0.3) is 5.91 Å². The lowest BCUT2D eigenvalue weighted by Crippen LogP contribution is -2.58. The number of hydrogen-bond donors (Lipinski definition) is 0. The van der Waals surface area contributed by atoms with Crippen LogP contribution in [0.15, 0.2) is 54.6 Å². The van der Waals surface area contributed by atoms with Crippen molar-refractivity contribution in [2.24, 2.45) is 0 Å². The largest absolute Gasteiger partial charge is 0.497 e. The Balaban J connectivity index is 1.60. The van der Waals surface area contributed by atoms with Gasteiger partial charge in [0.05, 0.1) is 13.7 Å². The van der Waals surface area contributed by atoms with Crippen LogP contribution in [0.3, 0.4) is 0 Å². The summed E-state index contributed by atoms with van der Waals surface area (Å²) in [5.41, 5.74) is 2.05. The van der Waals surface area contributed by atoms with Gasteiger partial charge in [0, 0.05) is 12.6 Å². The van der Waals surface area contributed by atoms with Crippen LogP contribution in [-0.2, 0) is 16.0 Å². The van der Waals surface area contributed by atoms with Crippen molar-refractivity contribution in [2.75, 3.05) is 20.2 Å². The van der Waals surface area contributed by atoms with Crippen LogP contribution < -0.4 is 4.74 Å². The van der Waals surface area contributed by atoms with Crippen LogP contribution in [0.25, 0.3) is 0 Å². The van der Waals surface area contributed by atoms with Gasteiger partial charge in [-0.1, -0.05) is 74.6 Å². The Morgan fingerprint density at radius 1 is 0.875 bits per heavy atom. The summed E-state index contributed by atoms with van der Waals surface area (Å²) >= 11 is 0. The first-order chi connectivity index (χ1) is 15.7. The number of piperazine rings is 1. The maximum Gasteiger partial charge on any atom is 0.250 e. The normalized spacial score (nSPS) is 20.7. The third kappa shape index (κ3) is 5.14. The molecule has 0 N–H and O–H groups in total. The molecule has 1 aliphatic carbocycles. The maximum absolute atomic E-state index is 13.8. The molecule has 32 heavy (non-hydrogen) atoms. The Bertz CT molecular complexity index is 889. The Morgan fingerprint density at radius 3 is 2.19 bits per heavy atom. The van der Waals surface area contributed by atoms with E-state index in [9.17, 15) is 9.59 Å². The molecule has 2 aromatic rings. The summed E-state index contributed by atoms with van der Waals surface area (Å²) in [6.45, 7) is 0.731. The fourth-order valence-corrected chi connectivity index (χ4v) is 5.07. The van der Waals surface area contributed by atoms with Crippen LogP contribution in [-0.4, -0.2) is 47.9 Å². The summed E-state index contributed by atoms with van der Waals surface area (Å²) in [6, 6.07) is 17.4. The molecule has 0 bridgehead atoms. The summed E-state index contributed by atoms with van der Waals surface area (Å²) < 4.78 is 5.31. The van der Waals surface area contributed by atoms with Crippen molar-refractivity contribution in [2.45, 2.75) is 63.5 Å². The molecular weight excluding hydrogens is 400 g/mol. The minimum absolute atomic E-state index is 0.0350. The van der Waals surface area contributed by atoms with E-state index in [1.54, 1.807) is 12.0 Å². The van der Waals surface area contributed by atoms with E-state index >= 15 is 0 Å². The average molecular weight is 435 g/mol. The minimum atomic E-state index is -0.553. The van der Waals surface area contributed by atoms with Crippen molar-refractivity contribution in [1.29, 1.82) is 0 Å². The predicted octanol–water partition coefficient (Wildman–Crippen LogP) is 4.76. The second kappa shape index (κ2) is 10.7.